The second kappa shape index (κ2) is 11.5. The summed E-state index contributed by atoms with van der Waals surface area (Å²) >= 11 is 21.8. The number of nitrogens with one attached hydrogen (secondary N) is 3. The molecule has 3 N–H and O–H groups in total. The summed E-state index contributed by atoms with van der Waals surface area (Å²) in [5, 5.41) is 5.96. The highest BCUT2D eigenvalue weighted by atomic mass is 79.9. The van der Waals surface area contributed by atoms with Crippen molar-refractivity contribution in [2.45, 2.75) is 16.7 Å². The topological polar surface area (TPSA) is 87.3 Å². The second-order valence-corrected chi connectivity index (χ2v) is 11.2. The van der Waals surface area contributed by atoms with Crippen LogP contribution in [0.2, 0.25) is 5.02 Å². The third-order valence-electron chi connectivity index (χ3n) is 5.90. The lowest BCUT2D eigenvalue weighted by molar-refractivity contribution is -0.126. The molecular weight excluding hydrogens is 672 g/mol. The normalized spacial score (nSPS) is 17.4. The van der Waals surface area contributed by atoms with Gasteiger partial charge in [0, 0.05) is 11.6 Å². The highest BCUT2D eigenvalue weighted by Crippen LogP contribution is 2.65. The van der Waals surface area contributed by atoms with Crippen molar-refractivity contribution in [3.05, 3.63) is 86.6 Å². The van der Waals surface area contributed by atoms with Crippen LogP contribution in [-0.2, 0) is 9.59 Å². The highest BCUT2D eigenvalue weighted by molar-refractivity contribution is 9.10. The Morgan fingerprint density at radius 2 is 1.57 bits per heavy atom. The zero-order valence-electron chi connectivity index (χ0n) is 19.5. The number of amides is 3. The van der Waals surface area contributed by atoms with Gasteiger partial charge in [-0.2, -0.15) is 8.78 Å². The lowest BCUT2D eigenvalue weighted by Gasteiger charge is -2.13. The van der Waals surface area contributed by atoms with E-state index in [9.17, 15) is 36.3 Å². The molecular formula is C25H14BrCl3F5N3O3. The molecule has 1 unspecified atom stereocenters. The predicted molar refractivity (Wildman–Crippen MR) is 144 cm³/mol. The number of hydrogen-bond acceptors (Lipinski definition) is 3. The Labute approximate surface area is 246 Å². The van der Waals surface area contributed by atoms with Crippen molar-refractivity contribution in [3.63, 3.8) is 0 Å². The molecule has 3 aromatic carbocycles. The molecule has 0 bridgehead atoms. The van der Waals surface area contributed by atoms with Crippen LogP contribution in [0.1, 0.15) is 21.8 Å². The van der Waals surface area contributed by atoms with Gasteiger partial charge in [0.2, 0.25) is 5.91 Å². The molecule has 6 nitrogen and oxygen atoms in total. The molecule has 1 aliphatic carbocycles. The van der Waals surface area contributed by atoms with E-state index in [4.69, 9.17) is 34.8 Å². The molecule has 3 aromatic rings. The van der Waals surface area contributed by atoms with Gasteiger partial charge < -0.3 is 16.0 Å². The van der Waals surface area contributed by atoms with Crippen LogP contribution >= 0.6 is 50.7 Å². The molecule has 40 heavy (non-hydrogen) atoms. The predicted octanol–water partition coefficient (Wildman–Crippen LogP) is 7.50. The first-order valence-electron chi connectivity index (χ1n) is 11.0. The molecule has 0 saturated heterocycles. The summed E-state index contributed by atoms with van der Waals surface area (Å²) in [6.07, 6.45) is -3.54. The Balaban J connectivity index is 1.51. The molecule has 1 aliphatic rings. The lowest BCUT2D eigenvalue weighted by Crippen LogP contribution is -2.22. The van der Waals surface area contributed by atoms with Gasteiger partial charge in [-0.3, -0.25) is 14.4 Å². The minimum Gasteiger partial charge on any atom is -0.326 e. The van der Waals surface area contributed by atoms with Crippen LogP contribution < -0.4 is 16.0 Å². The van der Waals surface area contributed by atoms with Crippen molar-refractivity contribution < 1.29 is 36.3 Å². The monoisotopic (exact) mass is 683 g/mol. The maximum atomic E-state index is 14.7. The molecule has 4 rings (SSSR count). The van der Waals surface area contributed by atoms with E-state index in [1.165, 1.54) is 35.6 Å². The molecule has 15 heteroatoms. The van der Waals surface area contributed by atoms with Gasteiger partial charge in [-0.1, -0.05) is 17.7 Å². The van der Waals surface area contributed by atoms with Gasteiger partial charge in [-0.15, -0.1) is 23.2 Å². The number of alkyl halides is 4. The summed E-state index contributed by atoms with van der Waals surface area (Å²) in [5.41, 5.74) is -1.49. The Bertz CT molecular complexity index is 1540. The van der Waals surface area contributed by atoms with E-state index in [1.54, 1.807) is 0 Å². The Hall–Kier alpha value is -2.93. The van der Waals surface area contributed by atoms with E-state index in [0.29, 0.717) is 11.6 Å². The highest BCUT2D eigenvalue weighted by Gasteiger charge is 2.67. The van der Waals surface area contributed by atoms with Gasteiger partial charge in [0.15, 0.2) is 5.82 Å². The van der Waals surface area contributed by atoms with E-state index in [2.05, 4.69) is 26.6 Å². The van der Waals surface area contributed by atoms with Crippen molar-refractivity contribution in [1.29, 1.82) is 0 Å². The van der Waals surface area contributed by atoms with Crippen LogP contribution in [0.4, 0.5) is 39.0 Å². The molecule has 1 saturated carbocycles. The van der Waals surface area contributed by atoms with Crippen LogP contribution in [0.25, 0.3) is 0 Å². The molecule has 0 aliphatic heterocycles. The first-order chi connectivity index (χ1) is 18.7. The van der Waals surface area contributed by atoms with E-state index in [1.807, 2.05) is 0 Å². The molecule has 0 heterocycles. The summed E-state index contributed by atoms with van der Waals surface area (Å²) in [6, 6.07) is 9.33. The number of halogens is 9. The maximum absolute atomic E-state index is 14.7. The maximum Gasteiger partial charge on any atom is 0.315 e. The van der Waals surface area contributed by atoms with E-state index < -0.39 is 69.1 Å². The van der Waals surface area contributed by atoms with Gasteiger partial charge in [0.25, 0.3) is 11.8 Å². The number of carbonyl (C=O) groups excluding carboxylic acids is 3. The van der Waals surface area contributed by atoms with Gasteiger partial charge >= 0.3 is 6.43 Å². The lowest BCUT2D eigenvalue weighted by atomic mass is 10.1. The first-order valence-corrected chi connectivity index (χ1v) is 13.0. The fraction of sp³-hybridized carbons (Fsp3) is 0.160. The molecule has 2 atom stereocenters. The average Bonchev–Trinajstić information content (AvgIpc) is 3.47. The van der Waals surface area contributed by atoms with E-state index in [0.717, 1.165) is 12.1 Å². The Morgan fingerprint density at radius 1 is 0.900 bits per heavy atom. The van der Waals surface area contributed by atoms with E-state index in [-0.39, 0.29) is 20.7 Å². The smallest absolute Gasteiger partial charge is 0.315 e. The Morgan fingerprint density at radius 3 is 2.23 bits per heavy atom. The summed E-state index contributed by atoms with van der Waals surface area (Å²) < 4.78 is 66.0. The molecule has 1 fully saturated rings. The SMILES string of the molecule is O=C(Nc1ccc(F)c(NC(=O)C(F)F)c1F)c1cc(NC(=O)C2[C@H](c3ccc(F)c(Br)c3)C2(Cl)Cl)ccc1Cl. The van der Waals surface area contributed by atoms with Crippen LogP contribution in [-0.4, -0.2) is 28.5 Å². The van der Waals surface area contributed by atoms with Gasteiger partial charge in [0.05, 0.1) is 26.7 Å². The third-order valence-corrected chi connectivity index (χ3v) is 7.78. The average molecular weight is 686 g/mol. The van der Waals surface area contributed by atoms with Gasteiger partial charge in [-0.05, 0) is 64.0 Å². The number of carbonyl (C=O) groups is 3. The minimum absolute atomic E-state index is 0.0825. The fourth-order valence-corrected chi connectivity index (χ4v) is 5.33. The van der Waals surface area contributed by atoms with Crippen molar-refractivity contribution >= 4 is 85.5 Å². The van der Waals surface area contributed by atoms with E-state index >= 15 is 0 Å². The zero-order chi connectivity index (χ0) is 29.5. The van der Waals surface area contributed by atoms with Crippen molar-refractivity contribution in [2.75, 3.05) is 16.0 Å². The molecule has 210 valence electrons. The van der Waals surface area contributed by atoms with Gasteiger partial charge in [0.1, 0.15) is 21.7 Å². The molecule has 0 spiro atoms. The first kappa shape index (κ1) is 30.0. The second-order valence-electron chi connectivity index (χ2n) is 8.52. The number of anilines is 3. The Kier molecular flexibility index (Phi) is 8.65. The van der Waals surface area contributed by atoms with Crippen LogP contribution in [0.5, 0.6) is 0 Å². The molecule has 0 radical (unpaired) electrons. The minimum atomic E-state index is -3.54. The number of benzene rings is 3. The third kappa shape index (κ3) is 6.04. The van der Waals surface area contributed by atoms with Crippen molar-refractivity contribution in [2.24, 2.45) is 5.92 Å². The van der Waals surface area contributed by atoms with Crippen molar-refractivity contribution in [3.8, 4) is 0 Å². The molecule has 3 amide bonds. The van der Waals surface area contributed by atoms with Crippen LogP contribution in [0.15, 0.2) is 53.0 Å². The van der Waals surface area contributed by atoms with Crippen LogP contribution in [0.3, 0.4) is 0 Å². The van der Waals surface area contributed by atoms with Crippen LogP contribution in [0, 0.1) is 23.4 Å². The number of rotatable bonds is 7. The summed E-state index contributed by atoms with van der Waals surface area (Å²) in [6.45, 7) is 0. The quantitative estimate of drug-likeness (QED) is 0.178. The fourth-order valence-electron chi connectivity index (χ4n) is 3.90. The summed E-state index contributed by atoms with van der Waals surface area (Å²) in [7, 11) is 0. The zero-order valence-corrected chi connectivity index (χ0v) is 23.3. The molecule has 0 aromatic heterocycles. The standard InChI is InChI=1S/C25H14BrCl3F5N3O3/c26-12-7-9(1-4-14(12)30)17-18(25(17,28)29)23(39)35-10-2-3-13(27)11(8-10)22(38)36-16-6-5-15(31)20(19(16)32)37-24(40)21(33)34/h1-8,17-18,21H,(H,35,39)(H,36,38)(H,37,40)/t17-,18?/m0/s1. The summed E-state index contributed by atoms with van der Waals surface area (Å²) in [5.74, 6) is -8.56. The largest absolute Gasteiger partial charge is 0.326 e. The summed E-state index contributed by atoms with van der Waals surface area (Å²) in [4.78, 5) is 37.0. The van der Waals surface area contributed by atoms with Gasteiger partial charge in [-0.25, -0.2) is 13.2 Å². The van der Waals surface area contributed by atoms with Crippen molar-refractivity contribution in [1.82, 2.24) is 0 Å². The number of hydrogen-bond donors (Lipinski definition) is 3.